The average molecular weight is 176 g/mol. The van der Waals surface area contributed by atoms with Crippen LogP contribution in [0.3, 0.4) is 0 Å². The van der Waals surface area contributed by atoms with Crippen LogP contribution in [0, 0.1) is 5.92 Å². The van der Waals surface area contributed by atoms with Gasteiger partial charge < -0.3 is 9.47 Å². The Labute approximate surface area is 70.8 Å². The third-order valence-corrected chi connectivity index (χ3v) is 2.04. The van der Waals surface area contributed by atoms with E-state index in [1.165, 1.54) is 7.11 Å². The SMILES string of the molecule is COC(=O)C(F)C1CCCOC1. The summed E-state index contributed by atoms with van der Waals surface area (Å²) in [6.45, 7) is 1.00. The molecule has 1 aliphatic rings. The van der Waals surface area contributed by atoms with E-state index in [4.69, 9.17) is 4.74 Å². The normalized spacial score (nSPS) is 26.3. The van der Waals surface area contributed by atoms with Gasteiger partial charge >= 0.3 is 5.97 Å². The van der Waals surface area contributed by atoms with Crippen LogP contribution in [-0.4, -0.2) is 32.5 Å². The zero-order chi connectivity index (χ0) is 8.97. The van der Waals surface area contributed by atoms with Crippen LogP contribution in [0.15, 0.2) is 0 Å². The molecule has 1 aliphatic heterocycles. The molecule has 2 atom stereocenters. The Morgan fingerprint density at radius 2 is 2.50 bits per heavy atom. The fourth-order valence-electron chi connectivity index (χ4n) is 1.30. The van der Waals surface area contributed by atoms with Crippen LogP contribution in [0.5, 0.6) is 0 Å². The molecule has 1 saturated heterocycles. The third kappa shape index (κ3) is 2.17. The van der Waals surface area contributed by atoms with Gasteiger partial charge in [0, 0.05) is 12.5 Å². The first-order chi connectivity index (χ1) is 5.75. The number of hydrogen-bond donors (Lipinski definition) is 0. The predicted octanol–water partition coefficient (Wildman–Crippen LogP) is 0.924. The molecule has 0 amide bonds. The summed E-state index contributed by atoms with van der Waals surface area (Å²) in [4.78, 5) is 10.8. The molecule has 1 heterocycles. The minimum Gasteiger partial charge on any atom is -0.467 e. The lowest BCUT2D eigenvalue weighted by molar-refractivity contribution is -0.150. The molecule has 0 aromatic heterocycles. The Hall–Kier alpha value is -0.640. The van der Waals surface area contributed by atoms with Crippen LogP contribution in [0.2, 0.25) is 0 Å². The maximum Gasteiger partial charge on any atom is 0.340 e. The molecule has 0 N–H and O–H groups in total. The van der Waals surface area contributed by atoms with Crippen molar-refractivity contribution in [2.45, 2.75) is 19.0 Å². The molecule has 0 aromatic carbocycles. The van der Waals surface area contributed by atoms with Crippen molar-refractivity contribution in [3.8, 4) is 0 Å². The fourth-order valence-corrected chi connectivity index (χ4v) is 1.30. The summed E-state index contributed by atoms with van der Waals surface area (Å²) >= 11 is 0. The zero-order valence-electron chi connectivity index (χ0n) is 7.09. The monoisotopic (exact) mass is 176 g/mol. The van der Waals surface area contributed by atoms with Crippen molar-refractivity contribution in [3.05, 3.63) is 0 Å². The summed E-state index contributed by atoms with van der Waals surface area (Å²) in [5, 5.41) is 0. The second kappa shape index (κ2) is 4.40. The van der Waals surface area contributed by atoms with Gasteiger partial charge in [0.25, 0.3) is 0 Å². The van der Waals surface area contributed by atoms with Gasteiger partial charge in [-0.05, 0) is 12.8 Å². The quantitative estimate of drug-likeness (QED) is 0.587. The predicted molar refractivity (Wildman–Crippen MR) is 40.5 cm³/mol. The average Bonchev–Trinajstić information content (AvgIpc) is 2.17. The molecule has 0 radical (unpaired) electrons. The van der Waals surface area contributed by atoms with E-state index < -0.39 is 12.1 Å². The highest BCUT2D eigenvalue weighted by Gasteiger charge is 2.30. The maximum atomic E-state index is 13.1. The lowest BCUT2D eigenvalue weighted by atomic mass is 9.97. The Kier molecular flexibility index (Phi) is 3.47. The van der Waals surface area contributed by atoms with E-state index in [1.54, 1.807) is 0 Å². The number of halogens is 1. The minimum atomic E-state index is -1.52. The molecule has 1 fully saturated rings. The highest BCUT2D eigenvalue weighted by molar-refractivity contribution is 5.74. The van der Waals surface area contributed by atoms with E-state index in [-0.39, 0.29) is 5.92 Å². The first-order valence-electron chi connectivity index (χ1n) is 4.05. The number of carbonyl (C=O) groups is 1. The van der Waals surface area contributed by atoms with Gasteiger partial charge in [-0.1, -0.05) is 0 Å². The van der Waals surface area contributed by atoms with E-state index in [0.717, 1.165) is 6.42 Å². The van der Waals surface area contributed by atoms with Crippen LogP contribution in [-0.2, 0) is 14.3 Å². The van der Waals surface area contributed by atoms with Crippen LogP contribution in [0.1, 0.15) is 12.8 Å². The first-order valence-corrected chi connectivity index (χ1v) is 4.05. The number of carbonyl (C=O) groups excluding carboxylic acids is 1. The van der Waals surface area contributed by atoms with Gasteiger partial charge in [-0.3, -0.25) is 0 Å². The van der Waals surface area contributed by atoms with Crippen LogP contribution in [0.25, 0.3) is 0 Å². The molecule has 0 aromatic rings. The lowest BCUT2D eigenvalue weighted by Gasteiger charge is -2.23. The summed E-state index contributed by atoms with van der Waals surface area (Å²) < 4.78 is 22.5. The third-order valence-electron chi connectivity index (χ3n) is 2.04. The van der Waals surface area contributed by atoms with Gasteiger partial charge in [0.1, 0.15) is 0 Å². The van der Waals surface area contributed by atoms with E-state index in [9.17, 15) is 9.18 Å². The van der Waals surface area contributed by atoms with Crippen molar-refractivity contribution < 1.29 is 18.7 Å². The molecule has 0 spiro atoms. The summed E-state index contributed by atoms with van der Waals surface area (Å²) in [5.74, 6) is -1.10. The summed E-state index contributed by atoms with van der Waals surface area (Å²) in [6, 6.07) is 0. The van der Waals surface area contributed by atoms with E-state index >= 15 is 0 Å². The van der Waals surface area contributed by atoms with Crippen molar-refractivity contribution in [3.63, 3.8) is 0 Å². The number of hydrogen-bond acceptors (Lipinski definition) is 3. The van der Waals surface area contributed by atoms with Gasteiger partial charge in [-0.2, -0.15) is 0 Å². The second-order valence-corrected chi connectivity index (χ2v) is 2.90. The molecule has 12 heavy (non-hydrogen) atoms. The number of methoxy groups -OCH3 is 1. The largest absolute Gasteiger partial charge is 0.467 e. The van der Waals surface area contributed by atoms with Crippen molar-refractivity contribution in [1.82, 2.24) is 0 Å². The smallest absolute Gasteiger partial charge is 0.340 e. The maximum absolute atomic E-state index is 13.1. The number of ether oxygens (including phenoxy) is 2. The minimum absolute atomic E-state index is 0.314. The van der Waals surface area contributed by atoms with Gasteiger partial charge in [-0.15, -0.1) is 0 Å². The molecule has 0 bridgehead atoms. The molecule has 1 rings (SSSR count). The molecular formula is C8H13FO3. The highest BCUT2D eigenvalue weighted by atomic mass is 19.1. The lowest BCUT2D eigenvalue weighted by Crippen LogP contribution is -2.32. The van der Waals surface area contributed by atoms with Crippen molar-refractivity contribution in [2.24, 2.45) is 5.92 Å². The second-order valence-electron chi connectivity index (χ2n) is 2.90. The number of alkyl halides is 1. The molecular weight excluding hydrogens is 163 g/mol. The fraction of sp³-hybridized carbons (Fsp3) is 0.875. The highest BCUT2D eigenvalue weighted by Crippen LogP contribution is 2.20. The Morgan fingerprint density at radius 3 is 3.00 bits per heavy atom. The summed E-state index contributed by atoms with van der Waals surface area (Å²) in [6.07, 6.45) is 0.00790. The molecule has 3 nitrogen and oxygen atoms in total. The van der Waals surface area contributed by atoms with E-state index in [0.29, 0.717) is 19.6 Å². The zero-order valence-corrected chi connectivity index (χ0v) is 7.09. The topological polar surface area (TPSA) is 35.5 Å². The standard InChI is InChI=1S/C8H13FO3/c1-11-8(10)7(9)6-3-2-4-12-5-6/h6-7H,2-5H2,1H3. The molecule has 4 heteroatoms. The van der Waals surface area contributed by atoms with Crippen LogP contribution < -0.4 is 0 Å². The van der Waals surface area contributed by atoms with Gasteiger partial charge in [0.2, 0.25) is 6.17 Å². The van der Waals surface area contributed by atoms with Crippen molar-refractivity contribution >= 4 is 5.97 Å². The van der Waals surface area contributed by atoms with Crippen molar-refractivity contribution in [1.29, 1.82) is 0 Å². The molecule has 0 aliphatic carbocycles. The summed E-state index contributed by atoms with van der Waals surface area (Å²) in [5.41, 5.74) is 0. The Balaban J connectivity index is 2.39. The van der Waals surface area contributed by atoms with E-state index in [2.05, 4.69) is 4.74 Å². The summed E-state index contributed by atoms with van der Waals surface area (Å²) in [7, 11) is 1.19. The first kappa shape index (κ1) is 9.45. The van der Waals surface area contributed by atoms with Gasteiger partial charge in [0.15, 0.2) is 0 Å². The Bertz CT molecular complexity index is 154. The Morgan fingerprint density at radius 1 is 1.75 bits per heavy atom. The van der Waals surface area contributed by atoms with Crippen LogP contribution in [0.4, 0.5) is 4.39 Å². The van der Waals surface area contributed by atoms with Gasteiger partial charge in [0.05, 0.1) is 13.7 Å². The molecule has 0 saturated carbocycles. The number of esters is 1. The molecule has 70 valence electrons. The molecule has 2 unspecified atom stereocenters. The van der Waals surface area contributed by atoms with Crippen molar-refractivity contribution in [2.75, 3.05) is 20.3 Å². The van der Waals surface area contributed by atoms with Gasteiger partial charge in [-0.25, -0.2) is 9.18 Å². The van der Waals surface area contributed by atoms with Crippen LogP contribution >= 0.6 is 0 Å². The number of rotatable bonds is 2. The van der Waals surface area contributed by atoms with E-state index in [1.807, 2.05) is 0 Å².